The molecule has 0 saturated carbocycles. The average molecular weight is 317 g/mol. The van der Waals surface area contributed by atoms with Crippen molar-refractivity contribution in [2.75, 3.05) is 31.9 Å². The van der Waals surface area contributed by atoms with E-state index in [0.717, 1.165) is 38.2 Å². The van der Waals surface area contributed by atoms with Crippen LogP contribution in [0.15, 0.2) is 17.0 Å². The Morgan fingerprint density at radius 1 is 1.29 bits per heavy atom. The van der Waals surface area contributed by atoms with E-state index < -0.39 is 15.8 Å². The third-order valence-corrected chi connectivity index (χ3v) is 5.02. The van der Waals surface area contributed by atoms with Gasteiger partial charge in [-0.1, -0.05) is 13.8 Å². The molecule has 0 radical (unpaired) electrons. The van der Waals surface area contributed by atoms with Crippen LogP contribution < -0.4 is 10.5 Å². The van der Waals surface area contributed by atoms with Gasteiger partial charge in [0.15, 0.2) is 0 Å². The lowest BCUT2D eigenvalue weighted by Crippen LogP contribution is -2.30. The fourth-order valence-electron chi connectivity index (χ4n) is 2.08. The van der Waals surface area contributed by atoms with E-state index in [0.29, 0.717) is 12.1 Å². The molecule has 21 heavy (non-hydrogen) atoms. The van der Waals surface area contributed by atoms with Gasteiger partial charge in [0.05, 0.1) is 10.6 Å². The van der Waals surface area contributed by atoms with Gasteiger partial charge in [-0.2, -0.15) is 0 Å². The minimum absolute atomic E-state index is 0.0317. The molecule has 120 valence electrons. The van der Waals surface area contributed by atoms with Crippen molar-refractivity contribution in [3.8, 4) is 0 Å². The van der Waals surface area contributed by atoms with Crippen LogP contribution in [-0.4, -0.2) is 39.5 Å². The highest BCUT2D eigenvalue weighted by Crippen LogP contribution is 2.21. The number of halogens is 1. The first-order chi connectivity index (χ1) is 9.81. The number of nitrogens with two attached hydrogens (primary N) is 1. The summed E-state index contributed by atoms with van der Waals surface area (Å²) in [6.45, 7) is 8.74. The van der Waals surface area contributed by atoms with Gasteiger partial charge in [-0.05, 0) is 50.7 Å². The van der Waals surface area contributed by atoms with Crippen molar-refractivity contribution >= 4 is 15.7 Å². The second-order valence-corrected chi connectivity index (χ2v) is 6.65. The van der Waals surface area contributed by atoms with Crippen molar-refractivity contribution < 1.29 is 12.8 Å². The lowest BCUT2D eigenvalue weighted by Gasteiger charge is -2.18. The molecule has 0 spiro atoms. The molecule has 0 aromatic heterocycles. The zero-order valence-corrected chi connectivity index (χ0v) is 13.6. The maximum Gasteiger partial charge on any atom is 0.240 e. The molecule has 0 bridgehead atoms. The second kappa shape index (κ2) is 7.72. The van der Waals surface area contributed by atoms with Crippen LogP contribution in [-0.2, 0) is 10.0 Å². The number of aryl methyl sites for hydroxylation is 1. The monoisotopic (exact) mass is 317 g/mol. The number of rotatable bonds is 8. The van der Waals surface area contributed by atoms with Gasteiger partial charge in [0.1, 0.15) is 5.82 Å². The van der Waals surface area contributed by atoms with Crippen molar-refractivity contribution in [3.05, 3.63) is 23.5 Å². The Balaban J connectivity index is 2.68. The maximum atomic E-state index is 13.3. The van der Waals surface area contributed by atoms with Crippen LogP contribution in [0.5, 0.6) is 0 Å². The molecule has 1 aromatic rings. The maximum absolute atomic E-state index is 13.3. The number of hydrogen-bond acceptors (Lipinski definition) is 4. The number of nitrogen functional groups attached to an aromatic ring is 1. The standard InChI is InChI=1S/C14H24FN3O2S/c1-4-18(5-2)8-6-7-17-21(19,20)14-10-13(16)12(15)9-11(14)3/h9-10,17H,4-8,16H2,1-3H3. The second-order valence-electron chi connectivity index (χ2n) is 4.92. The first kappa shape index (κ1) is 17.9. The molecule has 0 aliphatic heterocycles. The quantitative estimate of drug-likeness (QED) is 0.565. The molecule has 1 aromatic carbocycles. The molecule has 1 rings (SSSR count). The van der Waals surface area contributed by atoms with Crippen LogP contribution >= 0.6 is 0 Å². The summed E-state index contributed by atoms with van der Waals surface area (Å²) in [4.78, 5) is 2.25. The summed E-state index contributed by atoms with van der Waals surface area (Å²) in [7, 11) is -3.66. The van der Waals surface area contributed by atoms with Gasteiger partial charge in [-0.15, -0.1) is 0 Å². The van der Waals surface area contributed by atoms with Gasteiger partial charge < -0.3 is 10.6 Å². The van der Waals surface area contributed by atoms with Gasteiger partial charge in [0, 0.05) is 6.54 Å². The van der Waals surface area contributed by atoms with Crippen molar-refractivity contribution in [2.24, 2.45) is 0 Å². The SMILES string of the molecule is CCN(CC)CCCNS(=O)(=O)c1cc(N)c(F)cc1C. The Kier molecular flexibility index (Phi) is 6.57. The van der Waals surface area contributed by atoms with E-state index in [1.54, 1.807) is 6.92 Å². The summed E-state index contributed by atoms with van der Waals surface area (Å²) in [6, 6.07) is 2.30. The van der Waals surface area contributed by atoms with E-state index in [2.05, 4.69) is 23.5 Å². The van der Waals surface area contributed by atoms with E-state index >= 15 is 0 Å². The highest BCUT2D eigenvalue weighted by Gasteiger charge is 2.18. The topological polar surface area (TPSA) is 75.4 Å². The summed E-state index contributed by atoms with van der Waals surface area (Å²) in [5.74, 6) is -0.604. The molecule has 0 aliphatic rings. The molecule has 0 fully saturated rings. The molecule has 7 heteroatoms. The molecule has 0 aliphatic carbocycles. The van der Waals surface area contributed by atoms with E-state index in [1.807, 2.05) is 0 Å². The lowest BCUT2D eigenvalue weighted by molar-refractivity contribution is 0.300. The van der Waals surface area contributed by atoms with Crippen molar-refractivity contribution in [3.63, 3.8) is 0 Å². The van der Waals surface area contributed by atoms with E-state index in [4.69, 9.17) is 5.73 Å². The molecule has 3 N–H and O–H groups in total. The predicted molar refractivity (Wildman–Crippen MR) is 83.1 cm³/mol. The molecular formula is C14H24FN3O2S. The molecule has 0 saturated heterocycles. The molecular weight excluding hydrogens is 293 g/mol. The van der Waals surface area contributed by atoms with Gasteiger partial charge >= 0.3 is 0 Å². The van der Waals surface area contributed by atoms with Crippen molar-refractivity contribution in [1.82, 2.24) is 9.62 Å². The molecule has 5 nitrogen and oxygen atoms in total. The van der Waals surface area contributed by atoms with Crippen LogP contribution in [0.3, 0.4) is 0 Å². The number of nitrogens with zero attached hydrogens (tertiary/aromatic N) is 1. The normalized spacial score (nSPS) is 12.0. The van der Waals surface area contributed by atoms with E-state index in [1.165, 1.54) is 0 Å². The Morgan fingerprint density at radius 3 is 2.48 bits per heavy atom. The number of benzene rings is 1. The highest BCUT2D eigenvalue weighted by atomic mass is 32.2. The Labute approximate surface area is 126 Å². The first-order valence-corrected chi connectivity index (χ1v) is 8.57. The number of sulfonamides is 1. The third kappa shape index (κ3) is 4.94. The fourth-order valence-corrected chi connectivity index (χ4v) is 3.42. The van der Waals surface area contributed by atoms with Gasteiger partial charge in [0.2, 0.25) is 10.0 Å². The van der Waals surface area contributed by atoms with Crippen LogP contribution in [0.4, 0.5) is 10.1 Å². The van der Waals surface area contributed by atoms with Crippen LogP contribution in [0.25, 0.3) is 0 Å². The minimum atomic E-state index is -3.66. The summed E-state index contributed by atoms with van der Waals surface area (Å²) in [5.41, 5.74) is 5.63. The van der Waals surface area contributed by atoms with Gasteiger partial charge in [-0.25, -0.2) is 17.5 Å². The third-order valence-electron chi connectivity index (χ3n) is 3.42. The van der Waals surface area contributed by atoms with Crippen molar-refractivity contribution in [2.45, 2.75) is 32.1 Å². The number of hydrogen-bond donors (Lipinski definition) is 2. The lowest BCUT2D eigenvalue weighted by atomic mass is 10.2. The van der Waals surface area contributed by atoms with Crippen molar-refractivity contribution in [1.29, 1.82) is 0 Å². The minimum Gasteiger partial charge on any atom is -0.396 e. The Hall–Kier alpha value is -1.18. The highest BCUT2D eigenvalue weighted by molar-refractivity contribution is 7.89. The van der Waals surface area contributed by atoms with E-state index in [9.17, 15) is 12.8 Å². The smallest absolute Gasteiger partial charge is 0.240 e. The summed E-state index contributed by atoms with van der Waals surface area (Å²) < 4.78 is 40.2. The predicted octanol–water partition coefficient (Wildman–Crippen LogP) is 1.73. The largest absolute Gasteiger partial charge is 0.396 e. The fraction of sp³-hybridized carbons (Fsp3) is 0.571. The molecule has 0 atom stereocenters. The Morgan fingerprint density at radius 2 is 1.90 bits per heavy atom. The summed E-state index contributed by atoms with van der Waals surface area (Å²) in [6.07, 6.45) is 0.719. The molecule has 0 unspecified atom stereocenters. The van der Waals surface area contributed by atoms with E-state index in [-0.39, 0.29) is 10.6 Å². The van der Waals surface area contributed by atoms with Gasteiger partial charge in [0.25, 0.3) is 0 Å². The summed E-state index contributed by atoms with van der Waals surface area (Å²) in [5, 5.41) is 0. The molecule has 0 heterocycles. The van der Waals surface area contributed by atoms with Crippen LogP contribution in [0.1, 0.15) is 25.8 Å². The zero-order valence-electron chi connectivity index (χ0n) is 12.8. The summed E-state index contributed by atoms with van der Waals surface area (Å²) >= 11 is 0. The van der Waals surface area contributed by atoms with Crippen LogP contribution in [0, 0.1) is 12.7 Å². The molecule has 0 amide bonds. The van der Waals surface area contributed by atoms with Gasteiger partial charge in [-0.3, -0.25) is 0 Å². The van der Waals surface area contributed by atoms with Crippen LogP contribution in [0.2, 0.25) is 0 Å². The number of nitrogens with one attached hydrogen (secondary N) is 1. The average Bonchev–Trinajstić information content (AvgIpc) is 2.43. The first-order valence-electron chi connectivity index (χ1n) is 7.09. The Bertz CT molecular complexity index is 572. The number of anilines is 1. The zero-order chi connectivity index (χ0) is 16.0.